The standard InChI is InChI=1S/C10H18INO/c1-7(2)9(6-11)12-10(13)5-8-3-4-8/h7-9H,3-6H2,1-2H3,(H,12,13). The molecule has 0 bridgehead atoms. The minimum absolute atomic E-state index is 0.248. The van der Waals surface area contributed by atoms with Crippen LogP contribution in [-0.2, 0) is 4.79 Å². The van der Waals surface area contributed by atoms with E-state index in [-0.39, 0.29) is 5.91 Å². The molecular formula is C10H18INO. The third-order valence-electron chi connectivity index (χ3n) is 2.49. The van der Waals surface area contributed by atoms with E-state index < -0.39 is 0 Å². The van der Waals surface area contributed by atoms with Crippen LogP contribution in [0.4, 0.5) is 0 Å². The first kappa shape index (κ1) is 11.3. The van der Waals surface area contributed by atoms with Crippen LogP contribution >= 0.6 is 22.6 Å². The molecule has 0 aliphatic heterocycles. The molecular weight excluding hydrogens is 277 g/mol. The lowest BCUT2D eigenvalue weighted by Crippen LogP contribution is -2.39. The van der Waals surface area contributed by atoms with Crippen molar-refractivity contribution in [2.45, 2.75) is 39.2 Å². The van der Waals surface area contributed by atoms with Crippen LogP contribution in [0.1, 0.15) is 33.1 Å². The summed E-state index contributed by atoms with van der Waals surface area (Å²) in [6.45, 7) is 4.31. The first-order valence-electron chi connectivity index (χ1n) is 4.98. The Morgan fingerprint density at radius 1 is 1.54 bits per heavy atom. The molecule has 1 aliphatic carbocycles. The van der Waals surface area contributed by atoms with Crippen LogP contribution in [0.25, 0.3) is 0 Å². The van der Waals surface area contributed by atoms with Gasteiger partial charge in [-0.05, 0) is 24.7 Å². The molecule has 1 atom stereocenters. The molecule has 1 fully saturated rings. The van der Waals surface area contributed by atoms with Gasteiger partial charge in [0.05, 0.1) is 0 Å². The van der Waals surface area contributed by atoms with E-state index in [9.17, 15) is 4.79 Å². The second kappa shape index (κ2) is 5.17. The lowest BCUT2D eigenvalue weighted by molar-refractivity contribution is -0.122. The summed E-state index contributed by atoms with van der Waals surface area (Å²) in [7, 11) is 0. The predicted molar refractivity (Wildman–Crippen MR) is 63.0 cm³/mol. The molecule has 0 saturated heterocycles. The summed E-state index contributed by atoms with van der Waals surface area (Å²) in [4.78, 5) is 11.5. The van der Waals surface area contributed by atoms with Crippen molar-refractivity contribution in [3.05, 3.63) is 0 Å². The number of carbonyl (C=O) groups excluding carboxylic acids is 1. The van der Waals surface area contributed by atoms with Crippen molar-refractivity contribution in [3.63, 3.8) is 0 Å². The van der Waals surface area contributed by atoms with E-state index in [0.29, 0.717) is 17.9 Å². The summed E-state index contributed by atoms with van der Waals surface area (Å²) >= 11 is 2.33. The van der Waals surface area contributed by atoms with Crippen molar-refractivity contribution < 1.29 is 4.79 Å². The monoisotopic (exact) mass is 295 g/mol. The van der Waals surface area contributed by atoms with Crippen LogP contribution in [0, 0.1) is 11.8 Å². The molecule has 1 amide bonds. The lowest BCUT2D eigenvalue weighted by Gasteiger charge is -2.19. The van der Waals surface area contributed by atoms with Gasteiger partial charge >= 0.3 is 0 Å². The summed E-state index contributed by atoms with van der Waals surface area (Å²) < 4.78 is 1.01. The Morgan fingerprint density at radius 2 is 2.15 bits per heavy atom. The van der Waals surface area contributed by atoms with Gasteiger partial charge in [-0.2, -0.15) is 0 Å². The lowest BCUT2D eigenvalue weighted by atomic mass is 10.1. The van der Waals surface area contributed by atoms with Gasteiger partial charge in [0.1, 0.15) is 0 Å². The molecule has 0 aromatic rings. The van der Waals surface area contributed by atoms with Gasteiger partial charge < -0.3 is 5.32 Å². The zero-order chi connectivity index (χ0) is 9.84. The third kappa shape index (κ3) is 4.29. The van der Waals surface area contributed by atoms with Crippen LogP contribution in [0.5, 0.6) is 0 Å². The van der Waals surface area contributed by atoms with Crippen molar-refractivity contribution >= 4 is 28.5 Å². The largest absolute Gasteiger partial charge is 0.352 e. The topological polar surface area (TPSA) is 29.1 Å². The summed E-state index contributed by atoms with van der Waals surface area (Å²) in [5, 5.41) is 3.09. The first-order valence-corrected chi connectivity index (χ1v) is 6.51. The van der Waals surface area contributed by atoms with Gasteiger partial charge in [0, 0.05) is 16.9 Å². The Bertz CT molecular complexity index is 178. The quantitative estimate of drug-likeness (QED) is 0.612. The zero-order valence-corrected chi connectivity index (χ0v) is 10.5. The molecule has 0 radical (unpaired) electrons. The average molecular weight is 295 g/mol. The number of rotatable bonds is 5. The number of hydrogen-bond acceptors (Lipinski definition) is 1. The molecule has 76 valence electrons. The predicted octanol–water partition coefficient (Wildman–Crippen LogP) is 2.36. The second-order valence-corrected chi connectivity index (χ2v) is 5.10. The summed E-state index contributed by atoms with van der Waals surface area (Å²) in [5.41, 5.74) is 0. The maximum Gasteiger partial charge on any atom is 0.220 e. The zero-order valence-electron chi connectivity index (χ0n) is 8.35. The van der Waals surface area contributed by atoms with Gasteiger partial charge in [0.25, 0.3) is 0 Å². The second-order valence-electron chi connectivity index (χ2n) is 4.22. The minimum Gasteiger partial charge on any atom is -0.352 e. The molecule has 13 heavy (non-hydrogen) atoms. The van der Waals surface area contributed by atoms with Crippen molar-refractivity contribution in [1.82, 2.24) is 5.32 Å². The van der Waals surface area contributed by atoms with Gasteiger partial charge in [-0.1, -0.05) is 36.4 Å². The number of carbonyl (C=O) groups is 1. The summed E-state index contributed by atoms with van der Waals surface area (Å²) in [5.74, 6) is 1.49. The van der Waals surface area contributed by atoms with E-state index in [4.69, 9.17) is 0 Å². The molecule has 0 aromatic heterocycles. The van der Waals surface area contributed by atoms with Crippen LogP contribution in [-0.4, -0.2) is 16.4 Å². The molecule has 0 spiro atoms. The first-order chi connectivity index (χ1) is 6.13. The highest BCUT2D eigenvalue weighted by Crippen LogP contribution is 2.32. The Morgan fingerprint density at radius 3 is 2.54 bits per heavy atom. The summed E-state index contributed by atoms with van der Waals surface area (Å²) in [6, 6.07) is 0.354. The fourth-order valence-corrected chi connectivity index (χ4v) is 2.47. The van der Waals surface area contributed by atoms with Gasteiger partial charge in [-0.15, -0.1) is 0 Å². The molecule has 1 unspecified atom stereocenters. The maximum absolute atomic E-state index is 11.5. The summed E-state index contributed by atoms with van der Waals surface area (Å²) in [6.07, 6.45) is 3.26. The van der Waals surface area contributed by atoms with Crippen molar-refractivity contribution in [2.24, 2.45) is 11.8 Å². The van der Waals surface area contributed by atoms with Crippen molar-refractivity contribution in [3.8, 4) is 0 Å². The number of halogens is 1. The van der Waals surface area contributed by atoms with Crippen molar-refractivity contribution in [1.29, 1.82) is 0 Å². The molecule has 0 heterocycles. The van der Waals surface area contributed by atoms with E-state index in [0.717, 1.165) is 10.8 Å². The minimum atomic E-state index is 0.248. The number of amides is 1. The SMILES string of the molecule is CC(C)C(CI)NC(=O)CC1CC1. The molecule has 1 rings (SSSR count). The highest BCUT2D eigenvalue weighted by molar-refractivity contribution is 14.1. The maximum atomic E-state index is 11.5. The van der Waals surface area contributed by atoms with E-state index in [1.165, 1.54) is 12.8 Å². The van der Waals surface area contributed by atoms with Gasteiger partial charge in [-0.3, -0.25) is 4.79 Å². The van der Waals surface area contributed by atoms with Gasteiger partial charge in [0.15, 0.2) is 0 Å². The molecule has 1 N–H and O–H groups in total. The number of hydrogen-bond donors (Lipinski definition) is 1. The highest BCUT2D eigenvalue weighted by atomic mass is 127. The van der Waals surface area contributed by atoms with Gasteiger partial charge in [-0.25, -0.2) is 0 Å². The number of alkyl halides is 1. The number of nitrogens with one attached hydrogen (secondary N) is 1. The molecule has 1 aliphatic rings. The van der Waals surface area contributed by atoms with Gasteiger partial charge in [0.2, 0.25) is 5.91 Å². The van der Waals surface area contributed by atoms with E-state index in [2.05, 4.69) is 41.8 Å². The highest BCUT2D eigenvalue weighted by Gasteiger charge is 2.25. The molecule has 0 aromatic carbocycles. The normalized spacial score (nSPS) is 18.8. The smallest absolute Gasteiger partial charge is 0.220 e. The van der Waals surface area contributed by atoms with E-state index in [1.54, 1.807) is 0 Å². The molecule has 2 nitrogen and oxygen atoms in total. The van der Waals surface area contributed by atoms with Crippen molar-refractivity contribution in [2.75, 3.05) is 4.43 Å². The Labute approximate surface area is 94.0 Å². The van der Waals surface area contributed by atoms with Crippen LogP contribution in [0.15, 0.2) is 0 Å². The Hall–Kier alpha value is 0.200. The fourth-order valence-electron chi connectivity index (χ4n) is 1.23. The Balaban J connectivity index is 2.22. The van der Waals surface area contributed by atoms with Crippen LogP contribution in [0.3, 0.4) is 0 Å². The Kier molecular flexibility index (Phi) is 4.49. The molecule has 3 heteroatoms. The van der Waals surface area contributed by atoms with E-state index >= 15 is 0 Å². The van der Waals surface area contributed by atoms with Crippen LogP contribution in [0.2, 0.25) is 0 Å². The fraction of sp³-hybridized carbons (Fsp3) is 0.900. The molecule has 1 saturated carbocycles. The average Bonchev–Trinajstić information content (AvgIpc) is 2.83. The van der Waals surface area contributed by atoms with Crippen LogP contribution < -0.4 is 5.32 Å². The third-order valence-corrected chi connectivity index (χ3v) is 3.44. The van der Waals surface area contributed by atoms with E-state index in [1.807, 2.05) is 0 Å².